The number of hydrogen-bond donors (Lipinski definition) is 2. The average molecular weight is 385 g/mol. The van der Waals surface area contributed by atoms with Crippen LogP contribution in [0.1, 0.15) is 0 Å². The fraction of sp³-hybridized carbons (Fsp3) is 0.263. The summed E-state index contributed by atoms with van der Waals surface area (Å²) in [6.07, 6.45) is -0.443. The Balaban J connectivity index is 1.71. The van der Waals surface area contributed by atoms with E-state index in [9.17, 15) is 0 Å². The third kappa shape index (κ3) is 3.99. The summed E-state index contributed by atoms with van der Waals surface area (Å²) in [4.78, 5) is 13.3. The molecule has 1 saturated heterocycles. The Kier molecular flexibility index (Phi) is 5.13. The van der Waals surface area contributed by atoms with Gasteiger partial charge in [0.1, 0.15) is 0 Å². The zero-order valence-corrected chi connectivity index (χ0v) is 15.5. The smallest absolute Gasteiger partial charge is 0.222 e. The van der Waals surface area contributed by atoms with Gasteiger partial charge in [-0.05, 0) is 30.3 Å². The van der Waals surface area contributed by atoms with Gasteiger partial charge in [-0.15, -0.1) is 0 Å². The van der Waals surface area contributed by atoms with Crippen LogP contribution >= 0.6 is 11.6 Å². The average Bonchev–Trinajstić information content (AvgIpc) is 2.69. The van der Waals surface area contributed by atoms with Crippen LogP contribution in [0, 0.1) is 0 Å². The highest BCUT2D eigenvalue weighted by Crippen LogP contribution is 2.25. The second kappa shape index (κ2) is 7.85. The van der Waals surface area contributed by atoms with Crippen molar-refractivity contribution in [1.29, 1.82) is 0 Å². The minimum Gasteiger partial charge on any atom is -0.378 e. The van der Waals surface area contributed by atoms with Gasteiger partial charge in [0.15, 0.2) is 0 Å². The van der Waals surface area contributed by atoms with Crippen molar-refractivity contribution in [3.63, 3.8) is 0 Å². The zero-order valence-electron chi connectivity index (χ0n) is 14.8. The number of hydrogen-bond acceptors (Lipinski definition) is 7. The number of nitrogens with two attached hydrogens (primary N) is 1. The van der Waals surface area contributed by atoms with Crippen molar-refractivity contribution < 1.29 is 4.74 Å². The van der Waals surface area contributed by atoms with E-state index in [1.807, 2.05) is 59.5 Å². The van der Waals surface area contributed by atoms with Crippen LogP contribution in [-0.4, -0.2) is 49.4 Å². The summed E-state index contributed by atoms with van der Waals surface area (Å²) in [6, 6.07) is 17.5. The third-order valence-corrected chi connectivity index (χ3v) is 4.61. The van der Waals surface area contributed by atoms with E-state index in [1.54, 1.807) is 0 Å². The molecule has 0 spiro atoms. The van der Waals surface area contributed by atoms with E-state index in [2.05, 4.69) is 20.2 Å². The Hall–Kier alpha value is -2.77. The lowest BCUT2D eigenvalue weighted by Crippen LogP contribution is -2.57. The summed E-state index contributed by atoms with van der Waals surface area (Å²) in [6.45, 7) is 2.81. The van der Waals surface area contributed by atoms with Crippen LogP contribution in [-0.2, 0) is 4.74 Å². The second-order valence-corrected chi connectivity index (χ2v) is 6.67. The molecule has 140 valence electrons. The number of guanidine groups is 2. The zero-order chi connectivity index (χ0) is 18.6. The Morgan fingerprint density at radius 1 is 1.07 bits per heavy atom. The molecule has 0 aliphatic carbocycles. The molecule has 7 nitrogen and oxygen atoms in total. The monoisotopic (exact) mass is 384 g/mol. The largest absolute Gasteiger partial charge is 0.378 e. The molecule has 2 aromatic rings. The molecule has 0 radical (unpaired) electrons. The number of ether oxygens (including phenoxy) is 1. The number of para-hydroxylation sites is 1. The van der Waals surface area contributed by atoms with Gasteiger partial charge in [0.05, 0.1) is 13.2 Å². The molecule has 0 aromatic heterocycles. The second-order valence-electron chi connectivity index (χ2n) is 6.23. The quantitative estimate of drug-likeness (QED) is 0.850. The van der Waals surface area contributed by atoms with E-state index in [0.717, 1.165) is 30.4 Å². The summed E-state index contributed by atoms with van der Waals surface area (Å²) >= 11 is 6.14. The van der Waals surface area contributed by atoms with Crippen LogP contribution < -0.4 is 16.0 Å². The molecule has 1 atom stereocenters. The topological polar surface area (TPSA) is 78.5 Å². The van der Waals surface area contributed by atoms with E-state index in [1.165, 1.54) is 0 Å². The molecule has 1 unspecified atom stereocenters. The number of benzene rings is 2. The lowest BCUT2D eigenvalue weighted by atomic mass is 10.2. The molecule has 2 aliphatic rings. The van der Waals surface area contributed by atoms with Crippen LogP contribution in [0.5, 0.6) is 0 Å². The first-order valence-corrected chi connectivity index (χ1v) is 9.19. The molecule has 2 heterocycles. The minimum atomic E-state index is -0.443. The molecule has 3 N–H and O–H groups in total. The molecule has 2 aliphatic heterocycles. The first kappa shape index (κ1) is 17.6. The molecule has 2 aromatic carbocycles. The lowest BCUT2D eigenvalue weighted by Gasteiger charge is -2.41. The SMILES string of the molecule is NC1=NC(Nc2cccc(Cl)c2)N(c2ccccc2)C(N2CCOCC2)=N1. The molecule has 8 heteroatoms. The Morgan fingerprint density at radius 3 is 2.59 bits per heavy atom. The highest BCUT2D eigenvalue weighted by Gasteiger charge is 2.31. The maximum absolute atomic E-state index is 6.14. The number of halogens is 1. The Bertz CT molecular complexity index is 850. The van der Waals surface area contributed by atoms with Crippen molar-refractivity contribution in [2.75, 3.05) is 36.5 Å². The van der Waals surface area contributed by atoms with Gasteiger partial charge in [-0.1, -0.05) is 35.9 Å². The first-order chi connectivity index (χ1) is 13.2. The van der Waals surface area contributed by atoms with E-state index >= 15 is 0 Å². The lowest BCUT2D eigenvalue weighted by molar-refractivity contribution is 0.0671. The van der Waals surface area contributed by atoms with Gasteiger partial charge < -0.3 is 20.7 Å². The van der Waals surface area contributed by atoms with Crippen molar-refractivity contribution in [3.8, 4) is 0 Å². The van der Waals surface area contributed by atoms with E-state index in [4.69, 9.17) is 22.1 Å². The molecule has 0 amide bonds. The van der Waals surface area contributed by atoms with Crippen molar-refractivity contribution in [1.82, 2.24) is 4.90 Å². The van der Waals surface area contributed by atoms with Gasteiger partial charge in [0.2, 0.25) is 18.2 Å². The number of nitrogens with zero attached hydrogens (tertiary/aromatic N) is 4. The summed E-state index contributed by atoms with van der Waals surface area (Å²) in [5.41, 5.74) is 7.88. The number of nitrogens with one attached hydrogen (secondary N) is 1. The Labute approximate surface area is 163 Å². The molecular weight excluding hydrogens is 364 g/mol. The van der Waals surface area contributed by atoms with Crippen LogP contribution in [0.15, 0.2) is 64.6 Å². The van der Waals surface area contributed by atoms with Gasteiger partial charge >= 0.3 is 0 Å². The predicted octanol–water partition coefficient (Wildman–Crippen LogP) is 2.56. The molecule has 1 fully saturated rings. The maximum atomic E-state index is 6.14. The van der Waals surface area contributed by atoms with E-state index in [-0.39, 0.29) is 5.96 Å². The van der Waals surface area contributed by atoms with Crippen LogP contribution in [0.3, 0.4) is 0 Å². The fourth-order valence-corrected chi connectivity index (χ4v) is 3.32. The summed E-state index contributed by atoms with van der Waals surface area (Å²) in [5, 5.41) is 4.06. The highest BCUT2D eigenvalue weighted by molar-refractivity contribution is 6.30. The first-order valence-electron chi connectivity index (χ1n) is 8.82. The molecule has 27 heavy (non-hydrogen) atoms. The van der Waals surface area contributed by atoms with Crippen molar-refractivity contribution in [2.24, 2.45) is 15.7 Å². The number of anilines is 2. The maximum Gasteiger partial charge on any atom is 0.222 e. The number of aliphatic imine (C=N–C) groups is 2. The summed E-state index contributed by atoms with van der Waals surface area (Å²) < 4.78 is 5.49. The molecule has 4 rings (SSSR count). The standard InChI is InChI=1S/C19H21ClN6O/c20-14-5-4-6-15(13-14)22-18-23-17(21)24-19(25-9-11-27-12-10-25)26(18)16-7-2-1-3-8-16/h1-8,13,18,22H,9-12H2,(H2,21,23). The van der Waals surface area contributed by atoms with Gasteiger partial charge in [-0.25, -0.2) is 4.99 Å². The highest BCUT2D eigenvalue weighted by atomic mass is 35.5. The van der Waals surface area contributed by atoms with Crippen molar-refractivity contribution in [2.45, 2.75) is 6.29 Å². The predicted molar refractivity (Wildman–Crippen MR) is 109 cm³/mol. The van der Waals surface area contributed by atoms with Crippen LogP contribution in [0.4, 0.5) is 11.4 Å². The molecule has 0 saturated carbocycles. The normalized spacial score (nSPS) is 20.1. The summed E-state index contributed by atoms with van der Waals surface area (Å²) in [7, 11) is 0. The van der Waals surface area contributed by atoms with Gasteiger partial charge in [0, 0.05) is 29.5 Å². The van der Waals surface area contributed by atoms with Gasteiger partial charge in [-0.3, -0.25) is 4.90 Å². The van der Waals surface area contributed by atoms with Crippen LogP contribution in [0.25, 0.3) is 0 Å². The summed E-state index contributed by atoms with van der Waals surface area (Å²) in [5.74, 6) is 1.000. The van der Waals surface area contributed by atoms with Crippen LogP contribution in [0.2, 0.25) is 5.02 Å². The van der Waals surface area contributed by atoms with E-state index < -0.39 is 6.29 Å². The van der Waals surface area contributed by atoms with Crippen molar-refractivity contribution >= 4 is 34.9 Å². The van der Waals surface area contributed by atoms with Crippen molar-refractivity contribution in [3.05, 3.63) is 59.6 Å². The molecule has 0 bridgehead atoms. The number of morpholine rings is 1. The van der Waals surface area contributed by atoms with Gasteiger partial charge in [0.25, 0.3) is 0 Å². The molecular formula is C19H21ClN6O. The Morgan fingerprint density at radius 2 is 1.85 bits per heavy atom. The third-order valence-electron chi connectivity index (χ3n) is 4.38. The van der Waals surface area contributed by atoms with E-state index in [0.29, 0.717) is 18.2 Å². The minimum absolute atomic E-state index is 0.239. The fourth-order valence-electron chi connectivity index (χ4n) is 3.13. The number of rotatable bonds is 3. The van der Waals surface area contributed by atoms with Gasteiger partial charge in [-0.2, -0.15) is 4.99 Å².